The fourth-order valence-electron chi connectivity index (χ4n) is 3.47. The van der Waals surface area contributed by atoms with E-state index < -0.39 is 29.2 Å². The Hall–Kier alpha value is -3.33. The lowest BCUT2D eigenvalue weighted by atomic mass is 10.0. The average Bonchev–Trinajstić information content (AvgIpc) is 3.19. The van der Waals surface area contributed by atoms with Crippen molar-refractivity contribution >= 4 is 34.5 Å². The molecular formula is C23H22N2O6S. The molecule has 1 fully saturated rings. The van der Waals surface area contributed by atoms with Crippen molar-refractivity contribution in [3.05, 3.63) is 60.2 Å². The molecule has 0 radical (unpaired) electrons. The van der Waals surface area contributed by atoms with E-state index in [0.717, 1.165) is 5.56 Å². The number of rotatable bonds is 9. The summed E-state index contributed by atoms with van der Waals surface area (Å²) in [6.45, 7) is 1.48. The third kappa shape index (κ3) is 4.47. The van der Waals surface area contributed by atoms with Crippen molar-refractivity contribution in [3.8, 4) is 11.5 Å². The molecule has 2 heterocycles. The highest BCUT2D eigenvalue weighted by Crippen LogP contribution is 2.40. The number of para-hydroxylation sites is 1. The van der Waals surface area contributed by atoms with Crippen LogP contribution in [0.1, 0.15) is 12.5 Å². The van der Waals surface area contributed by atoms with Crippen LogP contribution >= 0.6 is 11.8 Å². The van der Waals surface area contributed by atoms with Gasteiger partial charge in [-0.25, -0.2) is 4.79 Å². The van der Waals surface area contributed by atoms with Crippen molar-refractivity contribution in [1.29, 1.82) is 0 Å². The van der Waals surface area contributed by atoms with E-state index in [9.17, 15) is 14.4 Å². The monoisotopic (exact) mass is 454 g/mol. The van der Waals surface area contributed by atoms with Crippen LogP contribution in [0, 0.1) is 0 Å². The largest absolute Gasteiger partial charge is 0.497 e. The molecule has 3 unspecified atom stereocenters. The van der Waals surface area contributed by atoms with Crippen LogP contribution in [-0.4, -0.2) is 58.8 Å². The third-order valence-electron chi connectivity index (χ3n) is 5.12. The number of aliphatic imine (C=N–C) groups is 1. The van der Waals surface area contributed by atoms with Gasteiger partial charge >= 0.3 is 5.97 Å². The van der Waals surface area contributed by atoms with Gasteiger partial charge in [-0.1, -0.05) is 42.1 Å². The first kappa shape index (κ1) is 21.9. The summed E-state index contributed by atoms with van der Waals surface area (Å²) < 4.78 is 16.1. The Morgan fingerprint density at radius 3 is 2.44 bits per heavy atom. The molecule has 0 aromatic heterocycles. The number of esters is 1. The number of amides is 1. The second kappa shape index (κ2) is 9.44. The first-order valence-corrected chi connectivity index (χ1v) is 10.9. The van der Waals surface area contributed by atoms with Gasteiger partial charge in [-0.3, -0.25) is 14.6 Å². The van der Waals surface area contributed by atoms with Crippen LogP contribution in [-0.2, 0) is 25.7 Å². The first-order chi connectivity index (χ1) is 15.5. The highest BCUT2D eigenvalue weighted by Gasteiger charge is 2.57. The van der Waals surface area contributed by atoms with E-state index in [2.05, 4.69) is 4.99 Å². The zero-order valence-corrected chi connectivity index (χ0v) is 18.4. The quantitative estimate of drug-likeness (QED) is 0.326. The molecule has 4 rings (SSSR count). The predicted molar refractivity (Wildman–Crippen MR) is 119 cm³/mol. The van der Waals surface area contributed by atoms with E-state index in [1.165, 1.54) is 23.6 Å². The number of hydrogen-bond donors (Lipinski definition) is 0. The van der Waals surface area contributed by atoms with E-state index in [0.29, 0.717) is 16.5 Å². The van der Waals surface area contributed by atoms with Crippen molar-refractivity contribution in [2.24, 2.45) is 4.99 Å². The van der Waals surface area contributed by atoms with Crippen LogP contribution < -0.4 is 9.47 Å². The SMILES string of the molecule is COc1ccc(COC(=O)C(C(C)=O)N2C(=O)C3N=C(COc4ccccc4)SC32)cc1. The van der Waals surface area contributed by atoms with Gasteiger partial charge < -0.3 is 19.1 Å². The topological polar surface area (TPSA) is 94.5 Å². The number of β-lactam (4-membered cyclic amide) rings is 1. The fraction of sp³-hybridized carbons (Fsp3) is 0.304. The molecule has 0 aliphatic carbocycles. The minimum atomic E-state index is -1.29. The maximum atomic E-state index is 12.7. The Morgan fingerprint density at radius 1 is 1.06 bits per heavy atom. The summed E-state index contributed by atoms with van der Waals surface area (Å²) in [5, 5.41) is 0.230. The molecule has 0 spiro atoms. The van der Waals surface area contributed by atoms with E-state index in [1.54, 1.807) is 31.4 Å². The van der Waals surface area contributed by atoms with Gasteiger partial charge in [0.25, 0.3) is 5.91 Å². The Balaban J connectivity index is 1.36. The molecule has 2 aromatic rings. The Morgan fingerprint density at radius 2 is 1.78 bits per heavy atom. The van der Waals surface area contributed by atoms with Crippen LogP contribution in [0.15, 0.2) is 59.6 Å². The van der Waals surface area contributed by atoms with Gasteiger partial charge in [-0.05, 0) is 36.8 Å². The maximum Gasteiger partial charge on any atom is 0.337 e. The molecule has 0 saturated carbocycles. The number of nitrogens with zero attached hydrogens (tertiary/aromatic N) is 2. The standard InChI is InChI=1S/C23H22N2O6S/c1-14(26)20(23(28)31-12-15-8-10-16(29-2)11-9-15)25-21(27)19-22(25)32-18(24-19)13-30-17-6-4-3-5-7-17/h3-11,19-20,22H,12-13H2,1-2H3. The van der Waals surface area contributed by atoms with Gasteiger partial charge in [-0.15, -0.1) is 0 Å². The van der Waals surface area contributed by atoms with Crippen LogP contribution in [0.5, 0.6) is 11.5 Å². The number of carbonyl (C=O) groups excluding carboxylic acids is 3. The van der Waals surface area contributed by atoms with Gasteiger partial charge in [0, 0.05) is 0 Å². The van der Waals surface area contributed by atoms with E-state index in [1.807, 2.05) is 30.3 Å². The summed E-state index contributed by atoms with van der Waals surface area (Å²) in [6.07, 6.45) is 0. The number of ether oxygens (including phenoxy) is 3. The minimum absolute atomic E-state index is 0.0114. The van der Waals surface area contributed by atoms with Crippen LogP contribution in [0.4, 0.5) is 0 Å². The predicted octanol–water partition coefficient (Wildman–Crippen LogP) is 2.46. The Labute approximate surface area is 189 Å². The minimum Gasteiger partial charge on any atom is -0.497 e. The summed E-state index contributed by atoms with van der Waals surface area (Å²) in [4.78, 5) is 43.3. The second-order valence-electron chi connectivity index (χ2n) is 7.29. The van der Waals surface area contributed by atoms with Gasteiger partial charge in [-0.2, -0.15) is 0 Å². The summed E-state index contributed by atoms with van der Waals surface area (Å²) >= 11 is 1.33. The van der Waals surface area contributed by atoms with E-state index >= 15 is 0 Å². The molecule has 8 nitrogen and oxygen atoms in total. The summed E-state index contributed by atoms with van der Waals surface area (Å²) in [7, 11) is 1.56. The molecule has 0 bridgehead atoms. The molecule has 166 valence electrons. The Kier molecular flexibility index (Phi) is 6.45. The molecule has 2 aliphatic rings. The van der Waals surface area contributed by atoms with Gasteiger partial charge in [0.15, 0.2) is 17.9 Å². The number of methoxy groups -OCH3 is 1. The van der Waals surface area contributed by atoms with Crippen molar-refractivity contribution in [2.45, 2.75) is 31.0 Å². The van der Waals surface area contributed by atoms with Gasteiger partial charge in [0.2, 0.25) is 0 Å². The molecule has 32 heavy (non-hydrogen) atoms. The van der Waals surface area contributed by atoms with Crippen LogP contribution in [0.25, 0.3) is 0 Å². The van der Waals surface area contributed by atoms with E-state index in [4.69, 9.17) is 14.2 Å². The number of hydrogen-bond acceptors (Lipinski definition) is 8. The lowest BCUT2D eigenvalue weighted by Crippen LogP contribution is -2.67. The summed E-state index contributed by atoms with van der Waals surface area (Å²) in [6, 6.07) is 14.4. The highest BCUT2D eigenvalue weighted by molar-refractivity contribution is 8.15. The number of ketones is 1. The second-order valence-corrected chi connectivity index (χ2v) is 8.48. The molecule has 3 atom stereocenters. The molecule has 0 N–H and O–H groups in total. The fourth-order valence-corrected chi connectivity index (χ4v) is 4.70. The van der Waals surface area contributed by atoms with Crippen molar-refractivity contribution in [1.82, 2.24) is 4.90 Å². The number of Topliss-reactive ketones (excluding diaryl/α,β-unsaturated/α-hetero) is 1. The molecular weight excluding hydrogens is 432 g/mol. The zero-order chi connectivity index (χ0) is 22.7. The number of likely N-dealkylation sites (tertiary alicyclic amines) is 1. The van der Waals surface area contributed by atoms with Crippen LogP contribution in [0.2, 0.25) is 0 Å². The molecule has 2 aliphatic heterocycles. The first-order valence-electron chi connectivity index (χ1n) is 10.0. The van der Waals surface area contributed by atoms with Gasteiger partial charge in [0.05, 0.1) is 7.11 Å². The molecule has 1 amide bonds. The van der Waals surface area contributed by atoms with Crippen molar-refractivity contribution in [3.63, 3.8) is 0 Å². The van der Waals surface area contributed by atoms with Crippen molar-refractivity contribution < 1.29 is 28.6 Å². The number of thioether (sulfide) groups is 1. The third-order valence-corrected chi connectivity index (χ3v) is 6.35. The number of fused-ring (bicyclic) bond motifs is 1. The number of benzene rings is 2. The van der Waals surface area contributed by atoms with Gasteiger partial charge in [0.1, 0.15) is 35.1 Å². The average molecular weight is 455 g/mol. The molecule has 9 heteroatoms. The molecule has 2 aromatic carbocycles. The highest BCUT2D eigenvalue weighted by atomic mass is 32.2. The molecule has 1 saturated heterocycles. The van der Waals surface area contributed by atoms with Crippen LogP contribution in [0.3, 0.4) is 0 Å². The lowest BCUT2D eigenvalue weighted by molar-refractivity contribution is -0.166. The van der Waals surface area contributed by atoms with E-state index in [-0.39, 0.29) is 19.1 Å². The maximum absolute atomic E-state index is 12.7. The summed E-state index contributed by atoms with van der Waals surface area (Å²) in [5.74, 6) is -0.189. The normalized spacial score (nSPS) is 20.0. The zero-order valence-electron chi connectivity index (χ0n) is 17.6. The smallest absolute Gasteiger partial charge is 0.337 e. The Bertz CT molecular complexity index is 1040. The van der Waals surface area contributed by atoms with Crippen molar-refractivity contribution in [2.75, 3.05) is 13.7 Å². The number of carbonyl (C=O) groups is 3. The lowest BCUT2D eigenvalue weighted by Gasteiger charge is -2.43. The summed E-state index contributed by atoms with van der Waals surface area (Å²) in [5.41, 5.74) is 0.744.